The zero-order valence-corrected chi connectivity index (χ0v) is 10.7. The van der Waals surface area contributed by atoms with Crippen molar-refractivity contribution >= 4 is 5.57 Å². The summed E-state index contributed by atoms with van der Waals surface area (Å²) in [4.78, 5) is 1.66. The summed E-state index contributed by atoms with van der Waals surface area (Å²) in [5.74, 6) is 0. The van der Waals surface area contributed by atoms with Crippen molar-refractivity contribution in [1.82, 2.24) is 15.0 Å². The molecule has 0 amide bonds. The van der Waals surface area contributed by atoms with Gasteiger partial charge in [-0.25, -0.2) is 0 Å². The summed E-state index contributed by atoms with van der Waals surface area (Å²) in [7, 11) is 0. The fourth-order valence-corrected chi connectivity index (χ4v) is 1.69. The number of benzene rings is 1. The topological polar surface area (TPSA) is 30.7 Å². The molecule has 0 bridgehead atoms. The molecule has 2 rings (SSSR count). The van der Waals surface area contributed by atoms with Crippen molar-refractivity contribution in [3.8, 4) is 5.69 Å². The molecule has 0 fully saturated rings. The van der Waals surface area contributed by atoms with Gasteiger partial charge in [0.25, 0.3) is 0 Å². The van der Waals surface area contributed by atoms with Crippen molar-refractivity contribution in [2.75, 3.05) is 0 Å². The van der Waals surface area contributed by atoms with Gasteiger partial charge in [0.1, 0.15) is 5.69 Å². The van der Waals surface area contributed by atoms with E-state index >= 15 is 0 Å². The summed E-state index contributed by atoms with van der Waals surface area (Å²) in [6.45, 7) is 4.13. The highest BCUT2D eigenvalue weighted by molar-refractivity contribution is 5.63. The van der Waals surface area contributed by atoms with Crippen LogP contribution in [0.15, 0.2) is 54.8 Å². The van der Waals surface area contributed by atoms with Gasteiger partial charge in [-0.15, -0.1) is 5.10 Å². The van der Waals surface area contributed by atoms with Gasteiger partial charge in [0.15, 0.2) is 0 Å². The zero-order valence-electron chi connectivity index (χ0n) is 10.7. The minimum absolute atomic E-state index is 0.930. The van der Waals surface area contributed by atoms with Gasteiger partial charge in [0, 0.05) is 0 Å². The van der Waals surface area contributed by atoms with Crippen LogP contribution >= 0.6 is 0 Å². The molecule has 0 radical (unpaired) electrons. The average Bonchev–Trinajstić information content (AvgIpc) is 2.90. The number of allylic oxidation sites excluding steroid dienone is 4. The Kier molecular flexibility index (Phi) is 4.07. The lowest BCUT2D eigenvalue weighted by atomic mass is 10.1. The van der Waals surface area contributed by atoms with E-state index in [1.54, 1.807) is 4.80 Å². The molecule has 0 aliphatic heterocycles. The number of hydrogen-bond donors (Lipinski definition) is 0. The van der Waals surface area contributed by atoms with Crippen LogP contribution in [0.5, 0.6) is 0 Å². The third-order valence-electron chi connectivity index (χ3n) is 2.68. The second kappa shape index (κ2) is 5.96. The lowest BCUT2D eigenvalue weighted by molar-refractivity contribution is 0.749. The Bertz CT molecular complexity index is 550. The highest BCUT2D eigenvalue weighted by Crippen LogP contribution is 2.16. The van der Waals surface area contributed by atoms with Crippen LogP contribution < -0.4 is 0 Å². The predicted molar refractivity (Wildman–Crippen MR) is 74.4 cm³/mol. The summed E-state index contributed by atoms with van der Waals surface area (Å²) in [6, 6.07) is 9.93. The van der Waals surface area contributed by atoms with Gasteiger partial charge >= 0.3 is 0 Å². The summed E-state index contributed by atoms with van der Waals surface area (Å²) in [5, 5.41) is 8.81. The smallest absolute Gasteiger partial charge is 0.109 e. The van der Waals surface area contributed by atoms with Gasteiger partial charge in [-0.1, -0.05) is 43.4 Å². The van der Waals surface area contributed by atoms with Crippen LogP contribution in [-0.4, -0.2) is 15.0 Å². The van der Waals surface area contributed by atoms with Gasteiger partial charge in [0.2, 0.25) is 0 Å². The third kappa shape index (κ3) is 2.74. The highest BCUT2D eigenvalue weighted by atomic mass is 15.5. The van der Waals surface area contributed by atoms with Crippen molar-refractivity contribution in [3.05, 3.63) is 60.5 Å². The monoisotopic (exact) mass is 239 g/mol. The molecule has 0 saturated heterocycles. The summed E-state index contributed by atoms with van der Waals surface area (Å²) >= 11 is 0. The normalized spacial score (nSPS) is 12.2. The SMILES string of the molecule is C/C=C\C=C(/CC)c1cnn(-c2ccccc2)n1. The molecule has 1 aromatic carbocycles. The van der Waals surface area contributed by atoms with Crippen molar-refractivity contribution in [2.24, 2.45) is 0 Å². The van der Waals surface area contributed by atoms with E-state index in [1.807, 2.05) is 55.6 Å². The molecule has 18 heavy (non-hydrogen) atoms. The van der Waals surface area contributed by atoms with Crippen molar-refractivity contribution < 1.29 is 0 Å². The van der Waals surface area contributed by atoms with Crippen LogP contribution in [0.3, 0.4) is 0 Å². The fraction of sp³-hybridized carbons (Fsp3) is 0.200. The van der Waals surface area contributed by atoms with Crippen molar-refractivity contribution in [3.63, 3.8) is 0 Å². The van der Waals surface area contributed by atoms with E-state index in [2.05, 4.69) is 23.2 Å². The molecule has 0 unspecified atom stereocenters. The molecule has 3 nitrogen and oxygen atoms in total. The zero-order chi connectivity index (χ0) is 12.8. The first-order valence-electron chi connectivity index (χ1n) is 6.15. The fourth-order valence-electron chi connectivity index (χ4n) is 1.69. The lowest BCUT2D eigenvalue weighted by Crippen LogP contribution is -1.98. The molecule has 1 aromatic heterocycles. The first-order valence-corrected chi connectivity index (χ1v) is 6.15. The summed E-state index contributed by atoms with van der Waals surface area (Å²) in [5.41, 5.74) is 3.10. The van der Waals surface area contributed by atoms with Crippen molar-refractivity contribution in [1.29, 1.82) is 0 Å². The van der Waals surface area contributed by atoms with Gasteiger partial charge in [-0.3, -0.25) is 0 Å². The Hall–Kier alpha value is -2.16. The highest BCUT2D eigenvalue weighted by Gasteiger charge is 2.05. The molecule has 0 saturated carbocycles. The van der Waals surface area contributed by atoms with Crippen LogP contribution in [0, 0.1) is 0 Å². The first-order chi connectivity index (χ1) is 8.85. The maximum atomic E-state index is 4.51. The molecule has 0 N–H and O–H groups in total. The maximum Gasteiger partial charge on any atom is 0.109 e. The van der Waals surface area contributed by atoms with Crippen molar-refractivity contribution in [2.45, 2.75) is 20.3 Å². The molecular weight excluding hydrogens is 222 g/mol. The van der Waals surface area contributed by atoms with Crippen LogP contribution in [0.25, 0.3) is 11.3 Å². The van der Waals surface area contributed by atoms with Crippen LogP contribution in [0.4, 0.5) is 0 Å². The van der Waals surface area contributed by atoms with Crippen LogP contribution in [0.1, 0.15) is 26.0 Å². The Morgan fingerprint density at radius 2 is 2.06 bits per heavy atom. The minimum atomic E-state index is 0.930. The number of para-hydroxylation sites is 1. The van der Waals surface area contributed by atoms with E-state index in [0.717, 1.165) is 17.8 Å². The van der Waals surface area contributed by atoms with E-state index < -0.39 is 0 Å². The van der Waals surface area contributed by atoms with E-state index in [1.165, 1.54) is 5.57 Å². The second-order valence-corrected chi connectivity index (χ2v) is 3.93. The average molecular weight is 239 g/mol. The molecule has 2 aromatic rings. The van der Waals surface area contributed by atoms with E-state index in [0.29, 0.717) is 0 Å². The molecule has 3 heteroatoms. The van der Waals surface area contributed by atoms with E-state index in [9.17, 15) is 0 Å². The Morgan fingerprint density at radius 3 is 2.72 bits per heavy atom. The number of rotatable bonds is 4. The van der Waals surface area contributed by atoms with Crippen LogP contribution in [0.2, 0.25) is 0 Å². The standard InChI is InChI=1S/C15H17N3/c1-3-5-9-13(4-2)15-12-16-18(17-15)14-10-7-6-8-11-14/h3,5-12H,4H2,1-2H3/b5-3-,13-9+. The summed E-state index contributed by atoms with van der Waals surface area (Å²) in [6.07, 6.45) is 8.88. The number of nitrogens with zero attached hydrogens (tertiary/aromatic N) is 3. The Balaban J connectivity index is 2.30. The lowest BCUT2D eigenvalue weighted by Gasteiger charge is -1.99. The third-order valence-corrected chi connectivity index (χ3v) is 2.68. The largest absolute Gasteiger partial charge is 0.156 e. The van der Waals surface area contributed by atoms with Gasteiger partial charge in [-0.2, -0.15) is 9.90 Å². The maximum absolute atomic E-state index is 4.51. The summed E-state index contributed by atoms with van der Waals surface area (Å²) < 4.78 is 0. The van der Waals surface area contributed by atoms with Gasteiger partial charge in [-0.05, 0) is 31.1 Å². The quantitative estimate of drug-likeness (QED) is 0.763. The van der Waals surface area contributed by atoms with E-state index in [-0.39, 0.29) is 0 Å². The molecule has 92 valence electrons. The van der Waals surface area contributed by atoms with Gasteiger partial charge in [0.05, 0.1) is 11.9 Å². The van der Waals surface area contributed by atoms with Crippen LogP contribution in [-0.2, 0) is 0 Å². The van der Waals surface area contributed by atoms with Gasteiger partial charge < -0.3 is 0 Å². The molecule has 0 aliphatic carbocycles. The Labute approximate surface area is 107 Å². The minimum Gasteiger partial charge on any atom is -0.156 e. The predicted octanol–water partition coefficient (Wildman–Crippen LogP) is 3.64. The van der Waals surface area contributed by atoms with E-state index in [4.69, 9.17) is 0 Å². The molecule has 1 heterocycles. The number of aromatic nitrogens is 3. The number of hydrogen-bond acceptors (Lipinski definition) is 2. The molecule has 0 spiro atoms. The molecule has 0 aliphatic rings. The molecular formula is C15H17N3. The molecule has 0 atom stereocenters. The second-order valence-electron chi connectivity index (χ2n) is 3.93. The Morgan fingerprint density at radius 1 is 1.28 bits per heavy atom. The first kappa shape index (κ1) is 12.3.